The average Bonchev–Trinajstić information content (AvgIpc) is 3.29. The van der Waals surface area contributed by atoms with E-state index in [0.717, 1.165) is 40.6 Å². The van der Waals surface area contributed by atoms with Gasteiger partial charge in [0.1, 0.15) is 5.76 Å². The number of aromatic nitrogens is 1. The third-order valence-corrected chi connectivity index (χ3v) is 6.24. The van der Waals surface area contributed by atoms with Crippen LogP contribution in [0.4, 0.5) is 0 Å². The molecule has 0 saturated carbocycles. The maximum absolute atomic E-state index is 13.2. The lowest BCUT2D eigenvalue weighted by atomic mass is 9.94. The molecule has 2 heterocycles. The molecule has 166 valence electrons. The number of carbonyl (C=O) groups is 2. The molecule has 1 aromatic heterocycles. The smallest absolute Gasteiger partial charge is 0.295 e. The SMILES string of the molecule is Cc1ccc(/C(O)=C2\C(=O)C(=O)N(CCCN(C)C)C2c2c[nH]c3ccccc23)cc1C. The summed E-state index contributed by atoms with van der Waals surface area (Å²) in [6.07, 6.45) is 2.57. The van der Waals surface area contributed by atoms with Gasteiger partial charge in [-0.1, -0.05) is 30.3 Å². The molecule has 4 rings (SSSR count). The first-order valence-electron chi connectivity index (χ1n) is 10.9. The zero-order chi connectivity index (χ0) is 23.0. The molecule has 6 heteroatoms. The third-order valence-electron chi connectivity index (χ3n) is 6.24. The summed E-state index contributed by atoms with van der Waals surface area (Å²) in [4.78, 5) is 33.2. The fraction of sp³-hybridized carbons (Fsp3) is 0.308. The molecule has 0 aliphatic carbocycles. The molecule has 1 aliphatic heterocycles. The van der Waals surface area contributed by atoms with Crippen molar-refractivity contribution in [2.45, 2.75) is 26.3 Å². The van der Waals surface area contributed by atoms with Gasteiger partial charge in [0, 0.05) is 34.8 Å². The second-order valence-electron chi connectivity index (χ2n) is 8.74. The highest BCUT2D eigenvalue weighted by atomic mass is 16.3. The summed E-state index contributed by atoms with van der Waals surface area (Å²) in [5.41, 5.74) is 4.54. The summed E-state index contributed by atoms with van der Waals surface area (Å²) >= 11 is 0. The number of hydrogen-bond acceptors (Lipinski definition) is 4. The van der Waals surface area contributed by atoms with Gasteiger partial charge in [0.2, 0.25) is 0 Å². The number of carbonyl (C=O) groups excluding carboxylic acids is 2. The van der Waals surface area contributed by atoms with Gasteiger partial charge < -0.3 is 19.9 Å². The molecule has 0 radical (unpaired) electrons. The third kappa shape index (κ3) is 3.82. The summed E-state index contributed by atoms with van der Waals surface area (Å²) in [6.45, 7) is 5.18. The lowest BCUT2D eigenvalue weighted by molar-refractivity contribution is -0.139. The van der Waals surface area contributed by atoms with Crippen LogP contribution < -0.4 is 0 Å². The first-order chi connectivity index (χ1) is 15.3. The molecule has 32 heavy (non-hydrogen) atoms. The van der Waals surface area contributed by atoms with Gasteiger partial charge in [-0.3, -0.25) is 9.59 Å². The van der Waals surface area contributed by atoms with Gasteiger partial charge in [0.15, 0.2) is 0 Å². The number of likely N-dealkylation sites (tertiary alicyclic amines) is 1. The summed E-state index contributed by atoms with van der Waals surface area (Å²) in [5, 5.41) is 12.2. The minimum atomic E-state index is -0.644. The van der Waals surface area contributed by atoms with E-state index in [4.69, 9.17) is 0 Å². The van der Waals surface area contributed by atoms with Crippen molar-refractivity contribution in [2.75, 3.05) is 27.2 Å². The van der Waals surface area contributed by atoms with Gasteiger partial charge >= 0.3 is 0 Å². The van der Waals surface area contributed by atoms with Gasteiger partial charge in [0.25, 0.3) is 11.7 Å². The van der Waals surface area contributed by atoms with E-state index < -0.39 is 17.7 Å². The summed E-state index contributed by atoms with van der Waals surface area (Å²) in [7, 11) is 3.95. The van der Waals surface area contributed by atoms with E-state index in [1.54, 1.807) is 11.0 Å². The number of hydrogen-bond donors (Lipinski definition) is 2. The van der Waals surface area contributed by atoms with E-state index in [1.807, 2.05) is 75.4 Å². The monoisotopic (exact) mass is 431 g/mol. The number of aliphatic hydroxyl groups is 1. The minimum Gasteiger partial charge on any atom is -0.507 e. The summed E-state index contributed by atoms with van der Waals surface area (Å²) in [6, 6.07) is 12.7. The summed E-state index contributed by atoms with van der Waals surface area (Å²) in [5.74, 6) is -1.33. The van der Waals surface area contributed by atoms with Crippen molar-refractivity contribution < 1.29 is 14.7 Å². The van der Waals surface area contributed by atoms with Crippen LogP contribution in [-0.2, 0) is 9.59 Å². The van der Waals surface area contributed by atoms with E-state index in [2.05, 4.69) is 4.98 Å². The first-order valence-corrected chi connectivity index (χ1v) is 10.9. The molecule has 6 nitrogen and oxygen atoms in total. The number of aromatic amines is 1. The van der Waals surface area contributed by atoms with Crippen LogP contribution >= 0.6 is 0 Å². The quantitative estimate of drug-likeness (QED) is 0.349. The van der Waals surface area contributed by atoms with Crippen LogP contribution in [0, 0.1) is 13.8 Å². The van der Waals surface area contributed by atoms with Crippen molar-refractivity contribution in [3.63, 3.8) is 0 Å². The Hall–Kier alpha value is -3.38. The predicted molar refractivity (Wildman–Crippen MR) is 126 cm³/mol. The first kappa shape index (κ1) is 21.8. The predicted octanol–water partition coefficient (Wildman–Crippen LogP) is 4.16. The normalized spacial score (nSPS) is 18.3. The van der Waals surface area contributed by atoms with Gasteiger partial charge in [-0.2, -0.15) is 0 Å². The molecular formula is C26H29N3O3. The molecule has 2 N–H and O–H groups in total. The largest absolute Gasteiger partial charge is 0.507 e. The molecule has 1 fully saturated rings. The number of H-pyrrole nitrogens is 1. The van der Waals surface area contributed by atoms with Crippen LogP contribution in [-0.4, -0.2) is 58.8 Å². The number of amides is 1. The Labute approximate surface area is 188 Å². The zero-order valence-corrected chi connectivity index (χ0v) is 19.0. The highest BCUT2D eigenvalue weighted by Crippen LogP contribution is 2.42. The number of para-hydroxylation sites is 1. The molecule has 2 aromatic carbocycles. The fourth-order valence-electron chi connectivity index (χ4n) is 4.36. The van der Waals surface area contributed by atoms with E-state index in [9.17, 15) is 14.7 Å². The van der Waals surface area contributed by atoms with Gasteiger partial charge in [-0.15, -0.1) is 0 Å². The van der Waals surface area contributed by atoms with Crippen LogP contribution in [0.25, 0.3) is 16.7 Å². The van der Waals surface area contributed by atoms with Gasteiger partial charge in [-0.25, -0.2) is 0 Å². The van der Waals surface area contributed by atoms with Crippen LogP contribution in [0.1, 0.15) is 34.7 Å². The molecule has 1 aliphatic rings. The number of fused-ring (bicyclic) bond motifs is 1. The van der Waals surface area contributed by atoms with Crippen molar-refractivity contribution in [2.24, 2.45) is 0 Å². The number of rotatable bonds is 6. The van der Waals surface area contributed by atoms with E-state index >= 15 is 0 Å². The molecule has 0 bridgehead atoms. The zero-order valence-electron chi connectivity index (χ0n) is 19.0. The molecule has 1 saturated heterocycles. The van der Waals surface area contributed by atoms with Crippen LogP contribution in [0.3, 0.4) is 0 Å². The standard InChI is InChI=1S/C26H29N3O3/c1-16-10-11-18(14-17(16)2)24(30)22-23(20-15-27-21-9-6-5-8-19(20)21)29(26(32)25(22)31)13-7-12-28(3)4/h5-6,8-11,14-15,23,27,30H,7,12-13H2,1-4H3/b24-22+. The topological polar surface area (TPSA) is 76.6 Å². The van der Waals surface area contributed by atoms with Crippen molar-refractivity contribution in [1.29, 1.82) is 0 Å². The number of nitrogens with one attached hydrogen (secondary N) is 1. The molecule has 3 aromatic rings. The highest BCUT2D eigenvalue weighted by Gasteiger charge is 2.46. The molecule has 0 spiro atoms. The van der Waals surface area contributed by atoms with Gasteiger partial charge in [0.05, 0.1) is 11.6 Å². The van der Waals surface area contributed by atoms with Crippen molar-refractivity contribution in [3.05, 3.63) is 76.5 Å². The van der Waals surface area contributed by atoms with E-state index in [0.29, 0.717) is 12.1 Å². The molecule has 1 atom stereocenters. The lowest BCUT2D eigenvalue weighted by Gasteiger charge is -2.25. The second kappa shape index (κ2) is 8.63. The minimum absolute atomic E-state index is 0.128. The van der Waals surface area contributed by atoms with Gasteiger partial charge in [-0.05, 0) is 64.2 Å². The molecule has 1 amide bonds. The van der Waals surface area contributed by atoms with Crippen molar-refractivity contribution >= 4 is 28.4 Å². The van der Waals surface area contributed by atoms with E-state index in [1.165, 1.54) is 0 Å². The fourth-order valence-corrected chi connectivity index (χ4v) is 4.36. The Kier molecular flexibility index (Phi) is 5.89. The molecule has 1 unspecified atom stereocenters. The Balaban J connectivity index is 1.87. The Morgan fingerprint density at radius 2 is 1.84 bits per heavy atom. The van der Waals surface area contributed by atoms with Crippen molar-refractivity contribution in [1.82, 2.24) is 14.8 Å². The van der Waals surface area contributed by atoms with Crippen molar-refractivity contribution in [3.8, 4) is 0 Å². The Morgan fingerprint density at radius 1 is 1.09 bits per heavy atom. The highest BCUT2D eigenvalue weighted by molar-refractivity contribution is 6.46. The van der Waals surface area contributed by atoms with Crippen LogP contribution in [0.5, 0.6) is 0 Å². The second-order valence-corrected chi connectivity index (χ2v) is 8.74. The number of ketones is 1. The number of nitrogens with zero attached hydrogens (tertiary/aromatic N) is 2. The maximum Gasteiger partial charge on any atom is 0.295 e. The van der Waals surface area contributed by atoms with Crippen LogP contribution in [0.2, 0.25) is 0 Å². The van der Waals surface area contributed by atoms with Crippen LogP contribution in [0.15, 0.2) is 54.2 Å². The number of benzene rings is 2. The summed E-state index contributed by atoms with van der Waals surface area (Å²) < 4.78 is 0. The number of aryl methyl sites for hydroxylation is 2. The van der Waals surface area contributed by atoms with E-state index in [-0.39, 0.29) is 11.3 Å². The molecular weight excluding hydrogens is 402 g/mol. The number of aliphatic hydroxyl groups excluding tert-OH is 1. The lowest BCUT2D eigenvalue weighted by Crippen LogP contribution is -2.32. The maximum atomic E-state index is 13.2. The average molecular weight is 432 g/mol. The Morgan fingerprint density at radius 3 is 2.56 bits per heavy atom. The Bertz CT molecular complexity index is 1220. The number of Topliss-reactive ketones (excluding diaryl/α,β-unsaturated/α-hetero) is 1.